The highest BCUT2D eigenvalue weighted by atomic mass is 79.9. The van der Waals surface area contributed by atoms with Gasteiger partial charge in [-0.2, -0.15) is 0 Å². The van der Waals surface area contributed by atoms with Gasteiger partial charge in [-0.1, -0.05) is 11.6 Å². The van der Waals surface area contributed by atoms with Crippen molar-refractivity contribution in [2.45, 2.75) is 0 Å². The Labute approximate surface area is 105 Å². The van der Waals surface area contributed by atoms with Crippen molar-refractivity contribution >= 4 is 33.2 Å². The molecule has 0 aliphatic heterocycles. The third kappa shape index (κ3) is 2.03. The zero-order valence-electron chi connectivity index (χ0n) is 8.05. The minimum Gasteiger partial charge on any atom is -0.399 e. The second-order valence-corrected chi connectivity index (χ2v) is 4.43. The van der Waals surface area contributed by atoms with Crippen molar-refractivity contribution in [1.82, 2.24) is 4.98 Å². The van der Waals surface area contributed by atoms with Crippen LogP contribution in [0.4, 0.5) is 10.1 Å². The highest BCUT2D eigenvalue weighted by Gasteiger charge is 2.12. The molecule has 5 heteroatoms. The molecule has 0 aliphatic carbocycles. The van der Waals surface area contributed by atoms with E-state index in [0.29, 0.717) is 21.4 Å². The molecule has 0 bridgehead atoms. The summed E-state index contributed by atoms with van der Waals surface area (Å²) in [5, 5.41) is 0.0433. The SMILES string of the molecule is Nc1ccnc(-c2ccc(Br)c(Cl)c2F)c1. The molecule has 0 atom stereocenters. The van der Waals surface area contributed by atoms with Gasteiger partial charge in [0.2, 0.25) is 0 Å². The number of aromatic nitrogens is 1. The Hall–Kier alpha value is -1.13. The van der Waals surface area contributed by atoms with E-state index < -0.39 is 5.82 Å². The summed E-state index contributed by atoms with van der Waals surface area (Å²) in [4.78, 5) is 4.05. The maximum absolute atomic E-state index is 13.8. The largest absolute Gasteiger partial charge is 0.399 e. The molecular formula is C11H7BrClFN2. The summed E-state index contributed by atoms with van der Waals surface area (Å²) in [5.41, 5.74) is 6.94. The molecule has 1 aromatic heterocycles. The van der Waals surface area contributed by atoms with E-state index in [4.69, 9.17) is 17.3 Å². The Balaban J connectivity index is 2.61. The van der Waals surface area contributed by atoms with Crippen LogP contribution in [0.25, 0.3) is 11.3 Å². The number of anilines is 1. The fourth-order valence-electron chi connectivity index (χ4n) is 1.32. The average Bonchev–Trinajstić information content (AvgIpc) is 2.26. The molecule has 2 N–H and O–H groups in total. The molecule has 0 unspecified atom stereocenters. The van der Waals surface area contributed by atoms with E-state index in [1.54, 1.807) is 24.3 Å². The highest BCUT2D eigenvalue weighted by molar-refractivity contribution is 9.10. The summed E-state index contributed by atoms with van der Waals surface area (Å²) in [6, 6.07) is 6.52. The summed E-state index contributed by atoms with van der Waals surface area (Å²) in [6.07, 6.45) is 1.53. The van der Waals surface area contributed by atoms with Gasteiger partial charge in [-0.15, -0.1) is 0 Å². The van der Waals surface area contributed by atoms with Gasteiger partial charge in [0.1, 0.15) is 0 Å². The number of nitrogen functional groups attached to an aromatic ring is 1. The standard InChI is InChI=1S/C11H7BrClFN2/c12-8-2-1-7(11(14)10(8)13)9-5-6(15)3-4-16-9/h1-5H,(H2,15,16). The summed E-state index contributed by atoms with van der Waals surface area (Å²) in [7, 11) is 0. The lowest BCUT2D eigenvalue weighted by molar-refractivity contribution is 0.630. The van der Waals surface area contributed by atoms with Gasteiger partial charge in [0.25, 0.3) is 0 Å². The number of pyridine rings is 1. The lowest BCUT2D eigenvalue weighted by atomic mass is 10.1. The van der Waals surface area contributed by atoms with Crippen molar-refractivity contribution in [3.63, 3.8) is 0 Å². The van der Waals surface area contributed by atoms with Gasteiger partial charge in [-0.05, 0) is 40.2 Å². The van der Waals surface area contributed by atoms with Crippen LogP contribution < -0.4 is 5.73 Å². The van der Waals surface area contributed by atoms with Crippen LogP contribution in [0.2, 0.25) is 5.02 Å². The summed E-state index contributed by atoms with van der Waals surface area (Å²) < 4.78 is 14.4. The Kier molecular flexibility index (Phi) is 3.12. The number of rotatable bonds is 1. The zero-order chi connectivity index (χ0) is 11.7. The first-order valence-corrected chi connectivity index (χ1v) is 5.62. The van der Waals surface area contributed by atoms with Crippen LogP contribution in [0.5, 0.6) is 0 Å². The van der Waals surface area contributed by atoms with Crippen LogP contribution in [0.3, 0.4) is 0 Å². The minimum atomic E-state index is -0.505. The van der Waals surface area contributed by atoms with E-state index in [1.807, 2.05) is 0 Å². The lowest BCUT2D eigenvalue weighted by Crippen LogP contribution is -1.92. The van der Waals surface area contributed by atoms with Crippen LogP contribution in [0, 0.1) is 5.82 Å². The molecule has 0 amide bonds. The Morgan fingerprint density at radius 2 is 2.06 bits per heavy atom. The molecule has 0 aliphatic rings. The highest BCUT2D eigenvalue weighted by Crippen LogP contribution is 2.32. The monoisotopic (exact) mass is 300 g/mol. The molecule has 0 radical (unpaired) electrons. The molecule has 0 fully saturated rings. The number of nitrogens with two attached hydrogens (primary N) is 1. The van der Waals surface area contributed by atoms with Gasteiger partial charge < -0.3 is 5.73 Å². The van der Waals surface area contributed by atoms with Crippen LogP contribution in [-0.4, -0.2) is 4.98 Å². The van der Waals surface area contributed by atoms with Gasteiger partial charge in [-0.3, -0.25) is 4.98 Å². The molecule has 1 heterocycles. The first kappa shape index (κ1) is 11.4. The number of nitrogens with zero attached hydrogens (tertiary/aromatic N) is 1. The quantitative estimate of drug-likeness (QED) is 0.812. The Morgan fingerprint density at radius 1 is 1.31 bits per heavy atom. The van der Waals surface area contributed by atoms with E-state index in [2.05, 4.69) is 20.9 Å². The predicted molar refractivity (Wildman–Crippen MR) is 66.8 cm³/mol. The second-order valence-electron chi connectivity index (χ2n) is 3.20. The molecule has 1 aromatic carbocycles. The van der Waals surface area contributed by atoms with Gasteiger partial charge in [0, 0.05) is 21.9 Å². The maximum Gasteiger partial charge on any atom is 0.152 e. The molecule has 2 rings (SSSR count). The van der Waals surface area contributed by atoms with Crippen LogP contribution in [0.15, 0.2) is 34.9 Å². The topological polar surface area (TPSA) is 38.9 Å². The molecule has 2 aromatic rings. The van der Waals surface area contributed by atoms with Gasteiger partial charge >= 0.3 is 0 Å². The van der Waals surface area contributed by atoms with Crippen LogP contribution in [-0.2, 0) is 0 Å². The van der Waals surface area contributed by atoms with Gasteiger partial charge in [-0.25, -0.2) is 4.39 Å². The molecule has 82 valence electrons. The van der Waals surface area contributed by atoms with Crippen molar-refractivity contribution in [2.75, 3.05) is 5.73 Å². The smallest absolute Gasteiger partial charge is 0.152 e. The van der Waals surface area contributed by atoms with Crippen molar-refractivity contribution in [3.05, 3.63) is 45.8 Å². The molecule has 16 heavy (non-hydrogen) atoms. The third-order valence-corrected chi connectivity index (χ3v) is 3.35. The van der Waals surface area contributed by atoms with Crippen molar-refractivity contribution in [2.24, 2.45) is 0 Å². The molecule has 0 saturated carbocycles. The zero-order valence-corrected chi connectivity index (χ0v) is 10.4. The second kappa shape index (κ2) is 4.39. The van der Waals surface area contributed by atoms with Crippen molar-refractivity contribution < 1.29 is 4.39 Å². The molecular weight excluding hydrogens is 294 g/mol. The fourth-order valence-corrected chi connectivity index (χ4v) is 1.79. The normalized spacial score (nSPS) is 10.4. The van der Waals surface area contributed by atoms with E-state index >= 15 is 0 Å². The van der Waals surface area contributed by atoms with Gasteiger partial charge in [0.05, 0.1) is 10.7 Å². The first-order valence-electron chi connectivity index (χ1n) is 4.45. The summed E-state index contributed by atoms with van der Waals surface area (Å²) in [5.74, 6) is -0.505. The van der Waals surface area contributed by atoms with E-state index in [1.165, 1.54) is 6.20 Å². The Bertz CT molecular complexity index is 546. The Morgan fingerprint density at radius 3 is 2.75 bits per heavy atom. The van der Waals surface area contributed by atoms with E-state index in [-0.39, 0.29) is 5.02 Å². The van der Waals surface area contributed by atoms with Gasteiger partial charge in [0.15, 0.2) is 5.82 Å². The lowest BCUT2D eigenvalue weighted by Gasteiger charge is -2.06. The summed E-state index contributed by atoms with van der Waals surface area (Å²) in [6.45, 7) is 0. The number of halogens is 3. The minimum absolute atomic E-state index is 0.0433. The van der Waals surface area contributed by atoms with Crippen molar-refractivity contribution in [1.29, 1.82) is 0 Å². The molecule has 0 spiro atoms. The number of hydrogen-bond donors (Lipinski definition) is 1. The first-order chi connectivity index (χ1) is 7.59. The van der Waals surface area contributed by atoms with Crippen LogP contribution >= 0.6 is 27.5 Å². The molecule has 2 nitrogen and oxygen atoms in total. The average molecular weight is 302 g/mol. The predicted octanol–water partition coefficient (Wildman–Crippen LogP) is 3.89. The van der Waals surface area contributed by atoms with E-state index in [0.717, 1.165) is 0 Å². The maximum atomic E-state index is 13.8. The third-order valence-electron chi connectivity index (χ3n) is 2.10. The summed E-state index contributed by atoms with van der Waals surface area (Å²) >= 11 is 8.94. The number of hydrogen-bond acceptors (Lipinski definition) is 2. The van der Waals surface area contributed by atoms with E-state index in [9.17, 15) is 4.39 Å². The van der Waals surface area contributed by atoms with Crippen molar-refractivity contribution in [3.8, 4) is 11.3 Å². The molecule has 0 saturated heterocycles. The fraction of sp³-hybridized carbons (Fsp3) is 0. The number of benzene rings is 1. The van der Waals surface area contributed by atoms with Crippen LogP contribution in [0.1, 0.15) is 0 Å².